The van der Waals surface area contributed by atoms with Crippen molar-refractivity contribution < 1.29 is 19.1 Å². The van der Waals surface area contributed by atoms with Gasteiger partial charge in [-0.05, 0) is 44.2 Å². The van der Waals surface area contributed by atoms with E-state index in [1.165, 1.54) is 0 Å². The maximum absolute atomic E-state index is 13.1. The van der Waals surface area contributed by atoms with Crippen LogP contribution >= 0.6 is 0 Å². The molecule has 4 unspecified atom stereocenters. The van der Waals surface area contributed by atoms with Crippen LogP contribution in [0.15, 0.2) is 24.3 Å². The van der Waals surface area contributed by atoms with Crippen molar-refractivity contribution in [3.63, 3.8) is 0 Å². The highest BCUT2D eigenvalue weighted by atomic mass is 16.6. The van der Waals surface area contributed by atoms with E-state index in [1.807, 2.05) is 25.1 Å². The fourth-order valence-electron chi connectivity index (χ4n) is 4.02. The molecule has 3 aliphatic rings. The molecule has 3 aliphatic heterocycles. The van der Waals surface area contributed by atoms with E-state index in [9.17, 15) is 9.59 Å². The number of para-hydroxylation sites is 2. The van der Waals surface area contributed by atoms with Gasteiger partial charge in [0.15, 0.2) is 11.5 Å². The van der Waals surface area contributed by atoms with Crippen molar-refractivity contribution in [3.8, 4) is 11.5 Å². The summed E-state index contributed by atoms with van der Waals surface area (Å²) in [6, 6.07) is 6.99. The van der Waals surface area contributed by atoms with Crippen LogP contribution in [-0.4, -0.2) is 48.1 Å². The number of hydrogen-bond donors (Lipinski definition) is 1. The van der Waals surface area contributed by atoms with Gasteiger partial charge in [0.25, 0.3) is 5.91 Å². The Morgan fingerprint density at radius 2 is 1.96 bits per heavy atom. The number of carbonyl (C=O) groups excluding carboxylic acids is 2. The van der Waals surface area contributed by atoms with Gasteiger partial charge in [0.05, 0.1) is 0 Å². The third-order valence-electron chi connectivity index (χ3n) is 5.21. The average Bonchev–Trinajstić information content (AvgIpc) is 2.60. The van der Waals surface area contributed by atoms with Crippen LogP contribution in [0.5, 0.6) is 11.5 Å². The van der Waals surface area contributed by atoms with E-state index in [4.69, 9.17) is 9.47 Å². The number of benzene rings is 1. The molecule has 1 N–H and O–H groups in total. The first-order valence-electron chi connectivity index (χ1n) is 8.65. The van der Waals surface area contributed by atoms with Crippen molar-refractivity contribution in [2.75, 3.05) is 13.1 Å². The molecule has 0 bridgehead atoms. The number of fused-ring (bicyclic) bond motifs is 2. The quantitative estimate of drug-likeness (QED) is 0.844. The van der Waals surface area contributed by atoms with E-state index in [2.05, 4.69) is 5.32 Å². The molecule has 0 spiro atoms. The second-order valence-electron chi connectivity index (χ2n) is 6.77. The SMILES string of the molecule is CC1Oc2ccccc2OC1C(=O)N1CCCC2CCNC(=O)C21. The van der Waals surface area contributed by atoms with E-state index in [0.29, 0.717) is 24.6 Å². The molecule has 1 aromatic rings. The minimum absolute atomic E-state index is 0.0379. The van der Waals surface area contributed by atoms with E-state index < -0.39 is 6.10 Å². The van der Waals surface area contributed by atoms with Crippen molar-refractivity contribution in [3.05, 3.63) is 24.3 Å². The van der Waals surface area contributed by atoms with Crippen LogP contribution in [0.1, 0.15) is 26.2 Å². The Hall–Kier alpha value is -2.24. The van der Waals surface area contributed by atoms with Gasteiger partial charge < -0.3 is 19.7 Å². The number of piperidine rings is 2. The van der Waals surface area contributed by atoms with Gasteiger partial charge in [0, 0.05) is 13.1 Å². The molecule has 4 atom stereocenters. The predicted octanol–water partition coefficient (Wildman–Crippen LogP) is 1.34. The fraction of sp³-hybridized carbons (Fsp3) is 0.556. The first-order valence-corrected chi connectivity index (χ1v) is 8.65. The highest BCUT2D eigenvalue weighted by Crippen LogP contribution is 2.35. The number of nitrogens with one attached hydrogen (secondary N) is 1. The normalized spacial score (nSPS) is 31.9. The number of likely N-dealkylation sites (tertiary alicyclic amines) is 1. The predicted molar refractivity (Wildman–Crippen MR) is 86.8 cm³/mol. The summed E-state index contributed by atoms with van der Waals surface area (Å²) in [4.78, 5) is 27.2. The molecule has 2 fully saturated rings. The van der Waals surface area contributed by atoms with Gasteiger partial charge in [0.2, 0.25) is 12.0 Å². The molecule has 2 amide bonds. The van der Waals surface area contributed by atoms with Crippen LogP contribution < -0.4 is 14.8 Å². The molecule has 1 aromatic carbocycles. The molecular weight excluding hydrogens is 308 g/mol. The van der Waals surface area contributed by atoms with Crippen LogP contribution in [0.3, 0.4) is 0 Å². The third-order valence-corrected chi connectivity index (χ3v) is 5.21. The Kier molecular flexibility index (Phi) is 3.82. The number of nitrogens with zero attached hydrogens (tertiary/aromatic N) is 1. The number of amides is 2. The van der Waals surface area contributed by atoms with Crippen LogP contribution in [0.25, 0.3) is 0 Å². The molecule has 0 saturated carbocycles. The number of rotatable bonds is 1. The summed E-state index contributed by atoms with van der Waals surface area (Å²) >= 11 is 0. The van der Waals surface area contributed by atoms with Gasteiger partial charge in [-0.1, -0.05) is 12.1 Å². The lowest BCUT2D eigenvalue weighted by Gasteiger charge is -2.44. The molecule has 6 heteroatoms. The average molecular weight is 330 g/mol. The van der Waals surface area contributed by atoms with Gasteiger partial charge in [-0.25, -0.2) is 0 Å². The standard InChI is InChI=1S/C18H22N2O4/c1-11-16(24-14-7-3-2-6-13(14)23-11)18(22)20-10-4-5-12-8-9-19-17(21)15(12)20/h2-3,6-7,11-12,15-16H,4-5,8-10H2,1H3,(H,19,21). The third kappa shape index (κ3) is 2.50. The lowest BCUT2D eigenvalue weighted by molar-refractivity contribution is -0.156. The second-order valence-corrected chi connectivity index (χ2v) is 6.77. The van der Waals surface area contributed by atoms with E-state index >= 15 is 0 Å². The van der Waals surface area contributed by atoms with Gasteiger partial charge in [-0.15, -0.1) is 0 Å². The van der Waals surface area contributed by atoms with Gasteiger partial charge in [0.1, 0.15) is 12.1 Å². The molecular formula is C18H22N2O4. The Morgan fingerprint density at radius 3 is 2.75 bits per heavy atom. The number of hydrogen-bond acceptors (Lipinski definition) is 4. The summed E-state index contributed by atoms with van der Waals surface area (Å²) in [6.45, 7) is 3.14. The smallest absolute Gasteiger partial charge is 0.268 e. The molecule has 4 rings (SSSR count). The minimum Gasteiger partial charge on any atom is -0.482 e. The van der Waals surface area contributed by atoms with Crippen molar-refractivity contribution in [2.45, 2.75) is 44.4 Å². The molecule has 0 aromatic heterocycles. The Balaban J connectivity index is 1.57. The number of ether oxygens (including phenoxy) is 2. The zero-order chi connectivity index (χ0) is 16.7. The van der Waals surface area contributed by atoms with E-state index in [0.717, 1.165) is 19.3 Å². The maximum Gasteiger partial charge on any atom is 0.268 e. The first-order chi connectivity index (χ1) is 11.6. The summed E-state index contributed by atoms with van der Waals surface area (Å²) in [7, 11) is 0. The Bertz CT molecular complexity index is 660. The van der Waals surface area contributed by atoms with Gasteiger partial charge in [-0.3, -0.25) is 9.59 Å². The monoisotopic (exact) mass is 330 g/mol. The van der Waals surface area contributed by atoms with Crippen LogP contribution in [-0.2, 0) is 9.59 Å². The molecule has 3 heterocycles. The molecule has 2 saturated heterocycles. The summed E-state index contributed by atoms with van der Waals surface area (Å²) in [6.07, 6.45) is 1.76. The van der Waals surface area contributed by atoms with Crippen molar-refractivity contribution in [1.29, 1.82) is 0 Å². The highest BCUT2D eigenvalue weighted by molar-refractivity contribution is 5.91. The summed E-state index contributed by atoms with van der Waals surface area (Å²) in [5, 5.41) is 2.89. The van der Waals surface area contributed by atoms with Crippen LogP contribution in [0.4, 0.5) is 0 Å². The highest BCUT2D eigenvalue weighted by Gasteiger charge is 2.45. The molecule has 0 radical (unpaired) electrons. The van der Waals surface area contributed by atoms with Gasteiger partial charge >= 0.3 is 0 Å². The first kappa shape index (κ1) is 15.3. The van der Waals surface area contributed by atoms with Crippen LogP contribution in [0, 0.1) is 5.92 Å². The summed E-state index contributed by atoms with van der Waals surface area (Å²) in [5.41, 5.74) is 0. The van der Waals surface area contributed by atoms with Gasteiger partial charge in [-0.2, -0.15) is 0 Å². The van der Waals surface area contributed by atoms with Crippen LogP contribution in [0.2, 0.25) is 0 Å². The molecule has 24 heavy (non-hydrogen) atoms. The second kappa shape index (κ2) is 6.00. The summed E-state index contributed by atoms with van der Waals surface area (Å²) < 4.78 is 11.8. The molecule has 0 aliphatic carbocycles. The summed E-state index contributed by atoms with van der Waals surface area (Å²) in [5.74, 6) is 1.30. The minimum atomic E-state index is -0.714. The maximum atomic E-state index is 13.1. The zero-order valence-electron chi connectivity index (χ0n) is 13.7. The molecule has 6 nitrogen and oxygen atoms in total. The molecule has 128 valence electrons. The largest absolute Gasteiger partial charge is 0.482 e. The Morgan fingerprint density at radius 1 is 1.21 bits per heavy atom. The van der Waals surface area contributed by atoms with Crippen molar-refractivity contribution in [2.24, 2.45) is 5.92 Å². The lowest BCUT2D eigenvalue weighted by Crippen LogP contribution is -2.63. The number of carbonyl (C=O) groups is 2. The van der Waals surface area contributed by atoms with Crippen molar-refractivity contribution >= 4 is 11.8 Å². The topological polar surface area (TPSA) is 67.9 Å². The van der Waals surface area contributed by atoms with E-state index in [-0.39, 0.29) is 29.9 Å². The zero-order valence-corrected chi connectivity index (χ0v) is 13.7. The fourth-order valence-corrected chi connectivity index (χ4v) is 4.02. The Labute approximate surface area is 141 Å². The van der Waals surface area contributed by atoms with E-state index in [1.54, 1.807) is 11.0 Å². The van der Waals surface area contributed by atoms with Crippen molar-refractivity contribution in [1.82, 2.24) is 10.2 Å². The lowest BCUT2D eigenvalue weighted by atomic mass is 9.83.